The van der Waals surface area contributed by atoms with Crippen LogP contribution < -0.4 is 0 Å². The zero-order valence-electron chi connectivity index (χ0n) is 29.9. The van der Waals surface area contributed by atoms with Crippen molar-refractivity contribution in [3.63, 3.8) is 0 Å². The molecule has 0 aromatic rings. The number of carbonyl (C=O) groups excluding carboxylic acids is 1. The summed E-state index contributed by atoms with van der Waals surface area (Å²) < 4.78 is 11.9. The molecule has 0 aromatic heterocycles. The summed E-state index contributed by atoms with van der Waals surface area (Å²) in [5.41, 5.74) is -1.57. The van der Waals surface area contributed by atoms with Gasteiger partial charge in [0.25, 0.3) is 0 Å². The molecule has 10 heteroatoms. The first-order chi connectivity index (χ1) is 22.8. The summed E-state index contributed by atoms with van der Waals surface area (Å²) in [6.45, 7) is 13.8. The van der Waals surface area contributed by atoms with Crippen LogP contribution >= 0.6 is 0 Å². The van der Waals surface area contributed by atoms with Crippen molar-refractivity contribution < 1.29 is 49.4 Å². The molecule has 1 spiro atoms. The molecule has 1 saturated heterocycles. The number of rotatable bonds is 5. The minimum absolute atomic E-state index is 0.0828. The maximum Gasteiger partial charge on any atom is 0.335 e. The van der Waals surface area contributed by atoms with Crippen LogP contribution in [-0.4, -0.2) is 80.6 Å². The van der Waals surface area contributed by atoms with E-state index in [1.54, 1.807) is 0 Å². The molecule has 10 nitrogen and oxygen atoms in total. The number of allylic oxidation sites excluding steroid dienone is 4. The third kappa shape index (κ3) is 4.33. The van der Waals surface area contributed by atoms with E-state index in [0.717, 1.165) is 51.2 Å². The first-order valence-electron chi connectivity index (χ1n) is 18.4. The first-order valence-corrected chi connectivity index (χ1v) is 18.4. The summed E-state index contributed by atoms with van der Waals surface area (Å²) in [5.74, 6) is -2.26. The predicted molar refractivity (Wildman–Crippen MR) is 178 cm³/mol. The van der Waals surface area contributed by atoms with Crippen molar-refractivity contribution >= 4 is 18.2 Å². The van der Waals surface area contributed by atoms with Gasteiger partial charge in [-0.1, -0.05) is 65.3 Å². The zero-order chi connectivity index (χ0) is 35.7. The number of carboxylic acid groups (broad SMARTS) is 2. The number of carbonyl (C=O) groups is 3. The molecule has 7 rings (SSSR count). The molecule has 6 aliphatic carbocycles. The van der Waals surface area contributed by atoms with E-state index < -0.39 is 59.4 Å². The topological polar surface area (TPSA) is 171 Å². The highest BCUT2D eigenvalue weighted by molar-refractivity contribution is 5.83. The Hall–Kier alpha value is -2.11. The van der Waals surface area contributed by atoms with Crippen LogP contribution in [0.4, 0.5) is 0 Å². The normalized spacial score (nSPS) is 54.3. The number of hydrogen-bond donors (Lipinski definition) is 5. The Balaban J connectivity index is 1.23. The summed E-state index contributed by atoms with van der Waals surface area (Å²) in [6, 6.07) is 0. The molecular formula is C39H56O10. The molecule has 5 fully saturated rings. The van der Waals surface area contributed by atoms with Crippen molar-refractivity contribution in [2.45, 2.75) is 143 Å². The monoisotopic (exact) mass is 684 g/mol. The maximum atomic E-state index is 13.5. The lowest BCUT2D eigenvalue weighted by atomic mass is 9.29. The standard InChI is InChI=1S/C39H56O10/c1-33(2)22-10-15-36(5)23(35(22,4)14-11-25(33)48-31-28(43)26(41)27(42)29(49-31)30(44)45)8-9-24-37(36,6)16-17-39(32(46)47)21(19-40)18-34(3)12-7-13-38(24,39)20-34/h7,9,13,19,21-23,25-29,31,41-43H,8,10-12,14-18,20H2,1-6H3,(H,44,45)(H,46,47)/t21-,22-,23+,25-,26-,27-,28+,29-,31+,34-,35-,36+,37+,38-,39-/m0/s1. The highest BCUT2D eigenvalue weighted by atomic mass is 16.7. The van der Waals surface area contributed by atoms with E-state index in [9.17, 15) is 39.9 Å². The molecule has 272 valence electrons. The van der Waals surface area contributed by atoms with Gasteiger partial charge in [-0.15, -0.1) is 0 Å². The van der Waals surface area contributed by atoms with Gasteiger partial charge < -0.3 is 39.8 Å². The van der Waals surface area contributed by atoms with Crippen LogP contribution in [0.3, 0.4) is 0 Å². The van der Waals surface area contributed by atoms with Gasteiger partial charge in [0.2, 0.25) is 0 Å². The molecule has 49 heavy (non-hydrogen) atoms. The van der Waals surface area contributed by atoms with E-state index in [4.69, 9.17) is 9.47 Å². The van der Waals surface area contributed by atoms with Crippen LogP contribution in [0, 0.1) is 55.7 Å². The Labute approximate surface area is 289 Å². The Bertz CT molecular complexity index is 1490. The Morgan fingerprint density at radius 3 is 2.29 bits per heavy atom. The third-order valence-corrected chi connectivity index (χ3v) is 16.4. The molecule has 5 N–H and O–H groups in total. The second-order valence-corrected chi connectivity index (χ2v) is 18.8. The highest BCUT2D eigenvalue weighted by Gasteiger charge is 2.75. The number of aliphatic carboxylic acids is 2. The lowest BCUT2D eigenvalue weighted by Gasteiger charge is -2.74. The van der Waals surface area contributed by atoms with Gasteiger partial charge in [-0.05, 0) is 103 Å². The van der Waals surface area contributed by atoms with Gasteiger partial charge in [-0.3, -0.25) is 4.79 Å². The molecule has 0 radical (unpaired) electrons. The number of aliphatic hydroxyl groups is 3. The Morgan fingerprint density at radius 2 is 1.63 bits per heavy atom. The largest absolute Gasteiger partial charge is 0.481 e. The van der Waals surface area contributed by atoms with E-state index in [0.29, 0.717) is 25.2 Å². The first kappa shape index (κ1) is 35.3. The van der Waals surface area contributed by atoms with Gasteiger partial charge in [0.1, 0.15) is 24.6 Å². The van der Waals surface area contributed by atoms with E-state index >= 15 is 0 Å². The molecule has 1 aliphatic heterocycles. The minimum atomic E-state index is -1.77. The van der Waals surface area contributed by atoms with Crippen LogP contribution in [0.25, 0.3) is 0 Å². The zero-order valence-corrected chi connectivity index (χ0v) is 29.9. The van der Waals surface area contributed by atoms with Crippen molar-refractivity contribution in [1.29, 1.82) is 0 Å². The van der Waals surface area contributed by atoms with Gasteiger partial charge in [-0.2, -0.15) is 0 Å². The molecule has 15 atom stereocenters. The fourth-order valence-electron chi connectivity index (χ4n) is 13.9. The highest BCUT2D eigenvalue weighted by Crippen LogP contribution is 2.80. The van der Waals surface area contributed by atoms with E-state index in [2.05, 4.69) is 59.8 Å². The fourth-order valence-corrected chi connectivity index (χ4v) is 13.9. The lowest BCUT2D eigenvalue weighted by Crippen LogP contribution is -2.69. The smallest absolute Gasteiger partial charge is 0.335 e. The van der Waals surface area contributed by atoms with Crippen molar-refractivity contribution in [3.05, 3.63) is 23.8 Å². The van der Waals surface area contributed by atoms with E-state index in [-0.39, 0.29) is 39.1 Å². The lowest BCUT2D eigenvalue weighted by molar-refractivity contribution is -0.324. The fraction of sp³-hybridized carbons (Fsp3) is 0.821. The summed E-state index contributed by atoms with van der Waals surface area (Å²) in [5, 5.41) is 52.0. The Morgan fingerprint density at radius 1 is 0.918 bits per heavy atom. The van der Waals surface area contributed by atoms with Crippen molar-refractivity contribution in [2.24, 2.45) is 55.7 Å². The van der Waals surface area contributed by atoms with Gasteiger partial charge in [-0.25, -0.2) is 4.79 Å². The van der Waals surface area contributed by atoms with Crippen molar-refractivity contribution in [2.75, 3.05) is 0 Å². The Kier molecular flexibility index (Phi) is 7.89. The average Bonchev–Trinajstić information content (AvgIpc) is 3.01. The van der Waals surface area contributed by atoms with E-state index in [1.807, 2.05) is 0 Å². The number of fused-ring (bicyclic) bond motifs is 6. The second-order valence-electron chi connectivity index (χ2n) is 18.8. The van der Waals surface area contributed by atoms with Crippen molar-refractivity contribution in [3.8, 4) is 0 Å². The van der Waals surface area contributed by atoms with Crippen LogP contribution in [-0.2, 0) is 23.9 Å². The molecule has 2 bridgehead atoms. The van der Waals surface area contributed by atoms with Crippen LogP contribution in [0.5, 0.6) is 0 Å². The summed E-state index contributed by atoms with van der Waals surface area (Å²) in [4.78, 5) is 38.0. The molecular weight excluding hydrogens is 628 g/mol. The van der Waals surface area contributed by atoms with Gasteiger partial charge in [0.15, 0.2) is 12.4 Å². The minimum Gasteiger partial charge on any atom is -0.481 e. The molecule has 0 aromatic carbocycles. The van der Waals surface area contributed by atoms with Crippen LogP contribution in [0.1, 0.15) is 106 Å². The molecule has 1 heterocycles. The van der Waals surface area contributed by atoms with Gasteiger partial charge in [0, 0.05) is 11.3 Å². The number of ether oxygens (including phenoxy) is 2. The SMILES string of the molecule is CC1(C)[C@@H](O[C@@H]2O[C@H](C(=O)O)[C@@H](O)[C@H](O)[C@H]2O)CC[C@]2(C)[C@H]3CC=C4[C@@]56C=CC[C@@](C)(C[C@@H](C=O)[C@]5(C(=O)O)CC[C@@]4(C)[C@]3(C)CC[C@@H]12)C6. The molecule has 0 unspecified atom stereocenters. The van der Waals surface area contributed by atoms with E-state index in [1.165, 1.54) is 5.57 Å². The number of aliphatic hydroxyl groups excluding tert-OH is 3. The maximum absolute atomic E-state index is 13.5. The summed E-state index contributed by atoms with van der Waals surface area (Å²) in [6.07, 6.45) is 6.82. The number of aldehydes is 1. The third-order valence-electron chi connectivity index (χ3n) is 16.4. The van der Waals surface area contributed by atoms with Gasteiger partial charge >= 0.3 is 11.9 Å². The summed E-state index contributed by atoms with van der Waals surface area (Å²) in [7, 11) is 0. The number of carboxylic acids is 2. The molecule has 0 amide bonds. The van der Waals surface area contributed by atoms with Gasteiger partial charge in [0.05, 0.1) is 11.5 Å². The van der Waals surface area contributed by atoms with Crippen molar-refractivity contribution in [1.82, 2.24) is 0 Å². The molecule has 7 aliphatic rings. The number of hydrogen-bond acceptors (Lipinski definition) is 8. The predicted octanol–water partition coefficient (Wildman–Crippen LogP) is 4.89. The average molecular weight is 685 g/mol. The molecule has 4 saturated carbocycles. The second kappa shape index (κ2) is 11.0. The van der Waals surface area contributed by atoms with Crippen LogP contribution in [0.2, 0.25) is 0 Å². The van der Waals surface area contributed by atoms with Crippen LogP contribution in [0.15, 0.2) is 23.8 Å². The summed E-state index contributed by atoms with van der Waals surface area (Å²) >= 11 is 0. The quantitative estimate of drug-likeness (QED) is 0.153.